The van der Waals surface area contributed by atoms with E-state index in [1.807, 2.05) is 23.6 Å². The van der Waals surface area contributed by atoms with Crippen LogP contribution in [-0.4, -0.2) is 28.0 Å². The summed E-state index contributed by atoms with van der Waals surface area (Å²) in [4.78, 5) is 13.4. The number of rotatable bonds is 3. The fourth-order valence-corrected chi connectivity index (χ4v) is 4.38. The molecule has 4 heteroatoms. The van der Waals surface area contributed by atoms with Gasteiger partial charge in [0.05, 0.1) is 0 Å². The zero-order chi connectivity index (χ0) is 14.9. The van der Waals surface area contributed by atoms with Gasteiger partial charge in [0.2, 0.25) is 0 Å². The summed E-state index contributed by atoms with van der Waals surface area (Å²) in [5.74, 6) is 0.601. The van der Waals surface area contributed by atoms with E-state index >= 15 is 0 Å². The molecule has 3 aromatic heterocycles. The minimum Gasteiger partial charge on any atom is -0.343 e. The summed E-state index contributed by atoms with van der Waals surface area (Å²) in [6, 6.07) is 10.9. The van der Waals surface area contributed by atoms with E-state index < -0.39 is 0 Å². The van der Waals surface area contributed by atoms with E-state index in [2.05, 4.69) is 46.1 Å². The summed E-state index contributed by atoms with van der Waals surface area (Å²) in [6.07, 6.45) is 4.40. The Bertz CT molecular complexity index is 740. The first-order chi connectivity index (χ1) is 10.8. The lowest BCUT2D eigenvalue weighted by molar-refractivity contribution is 0.200. The number of piperidine rings is 1. The zero-order valence-electron chi connectivity index (χ0n) is 12.9. The highest BCUT2D eigenvalue weighted by Crippen LogP contribution is 2.29. The molecule has 1 N–H and O–H groups in total. The number of aryl methyl sites for hydroxylation is 1. The molecule has 22 heavy (non-hydrogen) atoms. The standard InChI is InChI=1S/C18H21N3S/c1-13-6-7-16(22-13)12-21-9-3-5-15(11-21)17-10-14-4-2-8-19-18(14)20-17/h2,4,6-8,10,15H,3,5,9,11-12H2,1H3,(H,19,20)/t15-/m1/s1. The number of pyridine rings is 1. The number of likely N-dealkylation sites (tertiary alicyclic amines) is 1. The van der Waals surface area contributed by atoms with Crippen LogP contribution in [-0.2, 0) is 6.54 Å². The van der Waals surface area contributed by atoms with Crippen molar-refractivity contribution in [2.45, 2.75) is 32.2 Å². The van der Waals surface area contributed by atoms with Crippen molar-refractivity contribution in [3.8, 4) is 0 Å². The maximum atomic E-state index is 4.42. The van der Waals surface area contributed by atoms with E-state index in [1.54, 1.807) is 0 Å². The molecule has 3 aromatic rings. The summed E-state index contributed by atoms with van der Waals surface area (Å²) >= 11 is 1.92. The topological polar surface area (TPSA) is 31.9 Å². The summed E-state index contributed by atoms with van der Waals surface area (Å²) < 4.78 is 0. The Morgan fingerprint density at radius 3 is 3.14 bits per heavy atom. The predicted octanol–water partition coefficient (Wildman–Crippen LogP) is 4.31. The molecule has 1 saturated heterocycles. The number of hydrogen-bond donors (Lipinski definition) is 1. The summed E-state index contributed by atoms with van der Waals surface area (Å²) in [6.45, 7) is 5.63. The van der Waals surface area contributed by atoms with Gasteiger partial charge in [0.25, 0.3) is 0 Å². The van der Waals surface area contributed by atoms with Crippen LogP contribution in [0.15, 0.2) is 36.5 Å². The van der Waals surface area contributed by atoms with E-state index in [-0.39, 0.29) is 0 Å². The summed E-state index contributed by atoms with van der Waals surface area (Å²) in [5.41, 5.74) is 2.37. The van der Waals surface area contributed by atoms with Crippen molar-refractivity contribution in [2.75, 3.05) is 13.1 Å². The first-order valence-corrected chi connectivity index (χ1v) is 8.81. The fraction of sp³-hybridized carbons (Fsp3) is 0.389. The second kappa shape index (κ2) is 5.86. The van der Waals surface area contributed by atoms with E-state index in [4.69, 9.17) is 0 Å². The van der Waals surface area contributed by atoms with Crippen LogP contribution in [0.5, 0.6) is 0 Å². The molecule has 1 atom stereocenters. The normalized spacial score (nSPS) is 19.8. The third kappa shape index (κ3) is 2.81. The molecule has 0 aliphatic carbocycles. The summed E-state index contributed by atoms with van der Waals surface area (Å²) in [7, 11) is 0. The molecular weight excluding hydrogens is 290 g/mol. The Morgan fingerprint density at radius 2 is 2.32 bits per heavy atom. The molecule has 0 saturated carbocycles. The van der Waals surface area contributed by atoms with Gasteiger partial charge in [-0.05, 0) is 56.6 Å². The van der Waals surface area contributed by atoms with Gasteiger partial charge in [-0.15, -0.1) is 11.3 Å². The van der Waals surface area contributed by atoms with E-state index in [0.29, 0.717) is 5.92 Å². The maximum absolute atomic E-state index is 4.42. The van der Waals surface area contributed by atoms with Gasteiger partial charge in [0.15, 0.2) is 0 Å². The van der Waals surface area contributed by atoms with E-state index in [0.717, 1.165) is 18.7 Å². The van der Waals surface area contributed by atoms with Crippen LogP contribution in [0.2, 0.25) is 0 Å². The second-order valence-corrected chi connectivity index (χ2v) is 7.62. The third-order valence-corrected chi connectivity index (χ3v) is 5.52. The van der Waals surface area contributed by atoms with Gasteiger partial charge in [-0.25, -0.2) is 4.98 Å². The Hall–Kier alpha value is -1.65. The Labute approximate surface area is 135 Å². The maximum Gasteiger partial charge on any atom is 0.137 e. The molecule has 3 nitrogen and oxygen atoms in total. The largest absolute Gasteiger partial charge is 0.343 e. The lowest BCUT2D eigenvalue weighted by Gasteiger charge is -2.32. The average Bonchev–Trinajstić information content (AvgIpc) is 3.13. The van der Waals surface area contributed by atoms with Crippen molar-refractivity contribution in [2.24, 2.45) is 0 Å². The molecule has 0 spiro atoms. The van der Waals surface area contributed by atoms with Crippen LogP contribution in [0.1, 0.15) is 34.2 Å². The van der Waals surface area contributed by atoms with Crippen molar-refractivity contribution in [3.63, 3.8) is 0 Å². The highest BCUT2D eigenvalue weighted by Gasteiger charge is 2.23. The monoisotopic (exact) mass is 311 g/mol. The Balaban J connectivity index is 1.50. The molecule has 4 rings (SSSR count). The number of nitrogens with zero attached hydrogens (tertiary/aromatic N) is 2. The van der Waals surface area contributed by atoms with Crippen molar-refractivity contribution < 1.29 is 0 Å². The summed E-state index contributed by atoms with van der Waals surface area (Å²) in [5, 5.41) is 1.23. The van der Waals surface area contributed by atoms with Gasteiger partial charge in [0, 0.05) is 46.0 Å². The van der Waals surface area contributed by atoms with Crippen LogP contribution >= 0.6 is 11.3 Å². The van der Waals surface area contributed by atoms with Gasteiger partial charge in [-0.2, -0.15) is 0 Å². The first kappa shape index (κ1) is 14.0. The molecule has 4 heterocycles. The molecule has 1 aliphatic heterocycles. The van der Waals surface area contributed by atoms with Gasteiger partial charge in [-0.3, -0.25) is 4.90 Å². The van der Waals surface area contributed by atoms with Crippen molar-refractivity contribution >= 4 is 22.4 Å². The number of aromatic nitrogens is 2. The number of nitrogens with one attached hydrogen (secondary N) is 1. The molecule has 0 amide bonds. The predicted molar refractivity (Wildman–Crippen MR) is 92.4 cm³/mol. The molecule has 114 valence electrons. The van der Waals surface area contributed by atoms with E-state index in [9.17, 15) is 0 Å². The number of thiophene rings is 1. The van der Waals surface area contributed by atoms with Gasteiger partial charge < -0.3 is 4.98 Å². The number of aromatic amines is 1. The molecule has 0 aromatic carbocycles. The van der Waals surface area contributed by atoms with Crippen LogP contribution in [0.25, 0.3) is 11.0 Å². The number of hydrogen-bond acceptors (Lipinski definition) is 3. The molecule has 0 radical (unpaired) electrons. The second-order valence-electron chi connectivity index (χ2n) is 6.25. The number of H-pyrrole nitrogens is 1. The molecule has 1 aliphatic rings. The molecular formula is C18H21N3S. The minimum atomic E-state index is 0.601. The zero-order valence-corrected chi connectivity index (χ0v) is 13.7. The number of fused-ring (bicyclic) bond motifs is 1. The van der Waals surface area contributed by atoms with E-state index in [1.165, 1.54) is 40.2 Å². The van der Waals surface area contributed by atoms with Crippen LogP contribution in [0, 0.1) is 6.92 Å². The SMILES string of the molecule is Cc1ccc(CN2CCC[C@@H](c3cc4cccnc4[nH]3)C2)s1. The van der Waals surface area contributed by atoms with Crippen molar-refractivity contribution in [1.29, 1.82) is 0 Å². The van der Waals surface area contributed by atoms with Crippen molar-refractivity contribution in [3.05, 3.63) is 52.0 Å². The van der Waals surface area contributed by atoms with Gasteiger partial charge >= 0.3 is 0 Å². The lowest BCUT2D eigenvalue weighted by Crippen LogP contribution is -2.33. The fourth-order valence-electron chi connectivity index (χ4n) is 3.44. The Kier molecular flexibility index (Phi) is 3.72. The third-order valence-electron chi connectivity index (χ3n) is 4.53. The average molecular weight is 311 g/mol. The highest BCUT2D eigenvalue weighted by molar-refractivity contribution is 7.11. The van der Waals surface area contributed by atoms with Crippen LogP contribution in [0.3, 0.4) is 0 Å². The lowest BCUT2D eigenvalue weighted by atomic mass is 9.95. The van der Waals surface area contributed by atoms with Gasteiger partial charge in [0.1, 0.15) is 5.65 Å². The van der Waals surface area contributed by atoms with Gasteiger partial charge in [-0.1, -0.05) is 0 Å². The van der Waals surface area contributed by atoms with Crippen LogP contribution < -0.4 is 0 Å². The first-order valence-electron chi connectivity index (χ1n) is 7.99. The van der Waals surface area contributed by atoms with Crippen LogP contribution in [0.4, 0.5) is 0 Å². The highest BCUT2D eigenvalue weighted by atomic mass is 32.1. The quantitative estimate of drug-likeness (QED) is 0.781. The minimum absolute atomic E-state index is 0.601. The molecule has 1 fully saturated rings. The van der Waals surface area contributed by atoms with Crippen molar-refractivity contribution in [1.82, 2.24) is 14.9 Å². The smallest absolute Gasteiger partial charge is 0.137 e. The molecule has 0 bridgehead atoms. The Morgan fingerprint density at radius 1 is 1.36 bits per heavy atom. The molecule has 0 unspecified atom stereocenters.